The fourth-order valence-corrected chi connectivity index (χ4v) is 2.10. The van der Waals surface area contributed by atoms with Crippen molar-refractivity contribution in [2.45, 2.75) is 13.5 Å². The van der Waals surface area contributed by atoms with Crippen LogP contribution >= 0.6 is 11.6 Å². The first kappa shape index (κ1) is 11.9. The lowest BCUT2D eigenvalue weighted by Crippen LogP contribution is -2.17. The van der Waals surface area contributed by atoms with Gasteiger partial charge >= 0.3 is 5.76 Å². The molecule has 0 unspecified atom stereocenters. The van der Waals surface area contributed by atoms with Crippen LogP contribution in [0.3, 0.4) is 0 Å². The van der Waals surface area contributed by atoms with Gasteiger partial charge in [-0.25, -0.2) is 19.7 Å². The Morgan fingerprint density at radius 3 is 3.05 bits per heavy atom. The molecule has 0 aliphatic carbocycles. The normalized spacial score (nSPS) is 11.1. The van der Waals surface area contributed by atoms with E-state index < -0.39 is 5.76 Å². The molecule has 0 bridgehead atoms. The maximum absolute atomic E-state index is 11.8. The van der Waals surface area contributed by atoms with Crippen LogP contribution in [-0.4, -0.2) is 19.5 Å². The summed E-state index contributed by atoms with van der Waals surface area (Å²) in [6.45, 7) is 1.98. The molecule has 0 amide bonds. The van der Waals surface area contributed by atoms with E-state index in [9.17, 15) is 4.79 Å². The number of aromatic nitrogens is 4. The largest absolute Gasteiger partial charge is 0.421 e. The lowest BCUT2D eigenvalue weighted by atomic mass is 10.4. The highest BCUT2D eigenvalue weighted by molar-refractivity contribution is 6.29. The fraction of sp³-hybridized carbons (Fsp3) is 0.167. The number of halogens is 1. The zero-order valence-corrected chi connectivity index (χ0v) is 10.8. The maximum atomic E-state index is 11.8. The molecule has 0 aliphatic rings. The summed E-state index contributed by atoms with van der Waals surface area (Å²) in [6, 6.07) is 5.04. The van der Waals surface area contributed by atoms with Crippen molar-refractivity contribution in [2.75, 3.05) is 0 Å². The molecule has 0 aliphatic heterocycles. The van der Waals surface area contributed by atoms with Crippen molar-refractivity contribution < 1.29 is 4.42 Å². The number of hydrogen-bond donors (Lipinski definition) is 0. The SMILES string of the molecule is Cc1cc(Cl)nc(Cn2c(=O)oc3cccnc32)n1. The fourth-order valence-electron chi connectivity index (χ4n) is 1.84. The first-order valence-corrected chi connectivity index (χ1v) is 5.96. The van der Waals surface area contributed by atoms with E-state index in [2.05, 4.69) is 15.0 Å². The van der Waals surface area contributed by atoms with Crippen molar-refractivity contribution in [3.8, 4) is 0 Å². The summed E-state index contributed by atoms with van der Waals surface area (Å²) < 4.78 is 6.46. The first-order valence-electron chi connectivity index (χ1n) is 5.58. The second-order valence-corrected chi connectivity index (χ2v) is 4.41. The number of aryl methyl sites for hydroxylation is 1. The molecule has 19 heavy (non-hydrogen) atoms. The Labute approximate surface area is 112 Å². The molecule has 0 atom stereocenters. The van der Waals surface area contributed by atoms with E-state index in [1.165, 1.54) is 4.57 Å². The summed E-state index contributed by atoms with van der Waals surface area (Å²) >= 11 is 5.87. The standard InChI is InChI=1S/C12H9ClN4O2/c1-7-5-9(13)16-10(15-7)6-17-11-8(19-12(17)18)3-2-4-14-11/h2-5H,6H2,1H3. The molecule has 0 N–H and O–H groups in total. The van der Waals surface area contributed by atoms with Gasteiger partial charge in [0.05, 0.1) is 6.54 Å². The van der Waals surface area contributed by atoms with Gasteiger partial charge in [-0.05, 0) is 25.1 Å². The van der Waals surface area contributed by atoms with Crippen molar-refractivity contribution in [3.63, 3.8) is 0 Å². The third-order valence-corrected chi connectivity index (χ3v) is 2.79. The van der Waals surface area contributed by atoms with Gasteiger partial charge in [0.25, 0.3) is 0 Å². The van der Waals surface area contributed by atoms with Gasteiger partial charge in [0.1, 0.15) is 11.0 Å². The number of nitrogens with zero attached hydrogens (tertiary/aromatic N) is 4. The highest BCUT2D eigenvalue weighted by Crippen LogP contribution is 2.11. The van der Waals surface area contributed by atoms with Gasteiger partial charge in [-0.15, -0.1) is 0 Å². The van der Waals surface area contributed by atoms with Crippen molar-refractivity contribution in [1.29, 1.82) is 0 Å². The Balaban J connectivity index is 2.10. The van der Waals surface area contributed by atoms with Crippen LogP contribution in [0.25, 0.3) is 11.2 Å². The second kappa shape index (κ2) is 4.47. The maximum Gasteiger partial charge on any atom is 0.421 e. The summed E-state index contributed by atoms with van der Waals surface area (Å²) in [7, 11) is 0. The van der Waals surface area contributed by atoms with Crippen molar-refractivity contribution in [3.05, 3.63) is 51.6 Å². The van der Waals surface area contributed by atoms with Gasteiger partial charge in [0.15, 0.2) is 11.2 Å². The van der Waals surface area contributed by atoms with E-state index in [4.69, 9.17) is 16.0 Å². The molecule has 3 aromatic heterocycles. The van der Waals surface area contributed by atoms with Crippen molar-refractivity contribution >= 4 is 22.8 Å². The minimum Gasteiger partial charge on any atom is -0.406 e. The molecule has 0 saturated heterocycles. The number of rotatable bonds is 2. The molecule has 7 heteroatoms. The number of fused-ring (bicyclic) bond motifs is 1. The van der Waals surface area contributed by atoms with Gasteiger partial charge in [0.2, 0.25) is 0 Å². The van der Waals surface area contributed by atoms with Gasteiger partial charge in [0, 0.05) is 11.9 Å². The van der Waals surface area contributed by atoms with Crippen LogP contribution in [0.4, 0.5) is 0 Å². The monoisotopic (exact) mass is 276 g/mol. The second-order valence-electron chi connectivity index (χ2n) is 4.03. The first-order chi connectivity index (χ1) is 9.13. The summed E-state index contributed by atoms with van der Waals surface area (Å²) in [5.41, 5.74) is 1.64. The van der Waals surface area contributed by atoms with Gasteiger partial charge < -0.3 is 4.42 Å². The van der Waals surface area contributed by atoms with Gasteiger partial charge in [-0.1, -0.05) is 11.6 Å². The molecule has 0 saturated carbocycles. The predicted molar refractivity (Wildman–Crippen MR) is 69.2 cm³/mol. The average Bonchev–Trinajstić information content (AvgIpc) is 2.65. The van der Waals surface area contributed by atoms with E-state index in [1.807, 2.05) is 6.92 Å². The molecular weight excluding hydrogens is 268 g/mol. The molecule has 6 nitrogen and oxygen atoms in total. The van der Waals surface area contributed by atoms with Gasteiger partial charge in [-0.3, -0.25) is 4.57 Å². The third-order valence-electron chi connectivity index (χ3n) is 2.59. The van der Waals surface area contributed by atoms with Crippen molar-refractivity contribution in [2.24, 2.45) is 0 Å². The molecule has 0 fully saturated rings. The number of hydrogen-bond acceptors (Lipinski definition) is 5. The molecule has 3 heterocycles. The van der Waals surface area contributed by atoms with Crippen LogP contribution in [0.1, 0.15) is 11.5 Å². The molecule has 3 aromatic rings. The van der Waals surface area contributed by atoms with E-state index in [-0.39, 0.29) is 6.54 Å². The van der Waals surface area contributed by atoms with Crippen LogP contribution in [0, 0.1) is 6.92 Å². The Hall–Kier alpha value is -2.21. The molecule has 0 radical (unpaired) electrons. The van der Waals surface area contributed by atoms with E-state index >= 15 is 0 Å². The molecular formula is C12H9ClN4O2. The third kappa shape index (κ3) is 2.22. The summed E-state index contributed by atoms with van der Waals surface area (Å²) in [6.07, 6.45) is 1.60. The molecule has 96 valence electrons. The van der Waals surface area contributed by atoms with E-state index in [0.717, 1.165) is 5.69 Å². The van der Waals surface area contributed by atoms with Gasteiger partial charge in [-0.2, -0.15) is 0 Å². The van der Waals surface area contributed by atoms with E-state index in [0.29, 0.717) is 22.2 Å². The van der Waals surface area contributed by atoms with Crippen LogP contribution in [-0.2, 0) is 6.54 Å². The zero-order valence-electron chi connectivity index (χ0n) is 10.00. The van der Waals surface area contributed by atoms with E-state index in [1.54, 1.807) is 24.4 Å². The number of pyridine rings is 1. The summed E-state index contributed by atoms with van der Waals surface area (Å²) in [5, 5.41) is 0.344. The lowest BCUT2D eigenvalue weighted by molar-refractivity contribution is 0.513. The van der Waals surface area contributed by atoms with Crippen LogP contribution in [0.5, 0.6) is 0 Å². The lowest BCUT2D eigenvalue weighted by Gasteiger charge is -2.02. The summed E-state index contributed by atoms with van der Waals surface area (Å²) in [4.78, 5) is 24.2. The highest BCUT2D eigenvalue weighted by atomic mass is 35.5. The molecule has 3 rings (SSSR count). The minimum atomic E-state index is -0.491. The smallest absolute Gasteiger partial charge is 0.406 e. The Bertz CT molecular complexity index is 789. The summed E-state index contributed by atoms with van der Waals surface area (Å²) in [5.74, 6) is -0.0459. The Morgan fingerprint density at radius 2 is 2.26 bits per heavy atom. The predicted octanol–water partition coefficient (Wildman–Crippen LogP) is 1.79. The zero-order chi connectivity index (χ0) is 13.4. The van der Waals surface area contributed by atoms with Crippen LogP contribution in [0.2, 0.25) is 5.15 Å². The molecule has 0 aromatic carbocycles. The minimum absolute atomic E-state index is 0.171. The molecule has 0 spiro atoms. The van der Waals surface area contributed by atoms with Crippen LogP contribution in [0.15, 0.2) is 33.6 Å². The Morgan fingerprint density at radius 1 is 1.42 bits per heavy atom. The topological polar surface area (TPSA) is 73.8 Å². The van der Waals surface area contributed by atoms with Crippen LogP contribution < -0.4 is 5.76 Å². The number of oxazole rings is 1. The average molecular weight is 277 g/mol. The highest BCUT2D eigenvalue weighted by Gasteiger charge is 2.12. The quantitative estimate of drug-likeness (QED) is 0.667. The Kier molecular flexibility index (Phi) is 2.79. The van der Waals surface area contributed by atoms with Crippen molar-refractivity contribution in [1.82, 2.24) is 19.5 Å².